The van der Waals surface area contributed by atoms with Gasteiger partial charge in [0.1, 0.15) is 48.8 Å². The van der Waals surface area contributed by atoms with Crippen LogP contribution < -0.4 is 0 Å². The number of hydrogen-bond donors (Lipinski definition) is 8. The highest BCUT2D eigenvalue weighted by atomic mass is 16.8. The number of fused-ring (bicyclic) bond motifs is 1. The van der Waals surface area contributed by atoms with Gasteiger partial charge in [0.05, 0.1) is 44.7 Å². The van der Waals surface area contributed by atoms with Crippen LogP contribution in [0, 0.1) is 11.8 Å². The number of methoxy groups -OCH3 is 1. The average molecular weight is 551 g/mol. The molecule has 1 aliphatic carbocycles. The highest BCUT2D eigenvalue weighted by molar-refractivity contribution is 5.89. The Bertz CT molecular complexity index is 892. The van der Waals surface area contributed by atoms with E-state index in [1.165, 1.54) is 13.4 Å². The molecular weight excluding hydrogens is 516 g/mol. The molecule has 4 aliphatic rings. The van der Waals surface area contributed by atoms with Crippen molar-refractivity contribution in [2.45, 2.75) is 74.1 Å². The molecule has 3 aliphatic heterocycles. The average Bonchev–Trinajstić information content (AvgIpc) is 3.36. The third kappa shape index (κ3) is 5.47. The summed E-state index contributed by atoms with van der Waals surface area (Å²) < 4.78 is 32.5. The molecule has 0 aromatic carbocycles. The van der Waals surface area contributed by atoms with Crippen molar-refractivity contribution in [1.82, 2.24) is 0 Å². The van der Waals surface area contributed by atoms with E-state index in [2.05, 4.69) is 0 Å². The Morgan fingerprint density at radius 2 is 1.53 bits per heavy atom. The predicted octanol–water partition coefficient (Wildman–Crippen LogP) is -4.40. The topological polar surface area (TPSA) is 234 Å². The van der Waals surface area contributed by atoms with Crippen LogP contribution in [0.3, 0.4) is 0 Å². The van der Waals surface area contributed by atoms with Crippen molar-refractivity contribution in [3.05, 3.63) is 23.5 Å². The number of carbonyl (C=O) groups is 1. The summed E-state index contributed by atoms with van der Waals surface area (Å²) in [4.78, 5) is 12.2. The standard InChI is InChI=1S/C23H34O15/c1-33-20(32)10-6-34-21(13-8(4-24)2-3-9(10)13)38-23-19(31)17(29)15(27)12(37-23)7-35-22-18(30)16(28)14(26)11(5-25)36-22/h2,6,9,11-19,21-31H,3-5,7H2,1H3/t9-,11-,12-,13-,14-,15-,16+,17+,18-,19-,21+,22-,23+/m1/s1. The molecule has 0 aromatic rings. The van der Waals surface area contributed by atoms with E-state index in [1.54, 1.807) is 6.08 Å². The molecule has 13 atom stereocenters. The quantitative estimate of drug-likeness (QED) is 0.105. The number of esters is 1. The molecule has 0 unspecified atom stereocenters. The van der Waals surface area contributed by atoms with Gasteiger partial charge in [-0.1, -0.05) is 6.08 Å². The van der Waals surface area contributed by atoms with Crippen molar-refractivity contribution in [2.75, 3.05) is 26.9 Å². The minimum Gasteiger partial charge on any atom is -0.471 e. The maximum absolute atomic E-state index is 12.2. The van der Waals surface area contributed by atoms with Crippen molar-refractivity contribution in [1.29, 1.82) is 0 Å². The number of allylic oxidation sites excluding steroid dienone is 1. The largest absolute Gasteiger partial charge is 0.471 e. The van der Waals surface area contributed by atoms with Crippen molar-refractivity contribution >= 4 is 5.97 Å². The summed E-state index contributed by atoms with van der Waals surface area (Å²) in [7, 11) is 1.22. The molecule has 2 fully saturated rings. The first-order chi connectivity index (χ1) is 18.1. The summed E-state index contributed by atoms with van der Waals surface area (Å²) in [6, 6.07) is 0. The van der Waals surface area contributed by atoms with Crippen LogP contribution >= 0.6 is 0 Å². The second kappa shape index (κ2) is 12.2. The van der Waals surface area contributed by atoms with Gasteiger partial charge in [0.25, 0.3) is 0 Å². The molecule has 0 bridgehead atoms. The van der Waals surface area contributed by atoms with Gasteiger partial charge >= 0.3 is 5.97 Å². The normalized spacial score (nSPS) is 45.0. The Balaban J connectivity index is 1.45. The van der Waals surface area contributed by atoms with E-state index >= 15 is 0 Å². The lowest BCUT2D eigenvalue weighted by molar-refractivity contribution is -0.352. The van der Waals surface area contributed by atoms with Crippen molar-refractivity contribution in [2.24, 2.45) is 11.8 Å². The van der Waals surface area contributed by atoms with Gasteiger partial charge in [-0.2, -0.15) is 0 Å². The Labute approximate surface area is 217 Å². The summed E-state index contributed by atoms with van der Waals surface area (Å²) in [5, 5.41) is 80.5. The van der Waals surface area contributed by atoms with Crippen LogP contribution in [0.25, 0.3) is 0 Å². The zero-order valence-electron chi connectivity index (χ0n) is 20.4. The fourth-order valence-electron chi connectivity index (χ4n) is 5.11. The molecular formula is C23H34O15. The second-order valence-corrected chi connectivity index (χ2v) is 9.56. The van der Waals surface area contributed by atoms with E-state index < -0.39 is 98.7 Å². The van der Waals surface area contributed by atoms with Gasteiger partial charge in [-0.25, -0.2) is 4.79 Å². The van der Waals surface area contributed by atoms with Crippen LogP contribution in [0.5, 0.6) is 0 Å². The number of rotatable bonds is 8. The molecule has 216 valence electrons. The molecule has 8 N–H and O–H groups in total. The first-order valence-electron chi connectivity index (χ1n) is 12.1. The predicted molar refractivity (Wildman–Crippen MR) is 119 cm³/mol. The van der Waals surface area contributed by atoms with Gasteiger partial charge in [0.15, 0.2) is 12.6 Å². The van der Waals surface area contributed by atoms with Gasteiger partial charge in [0.2, 0.25) is 6.29 Å². The minimum absolute atomic E-state index is 0.239. The van der Waals surface area contributed by atoms with E-state index in [9.17, 15) is 45.6 Å². The lowest BCUT2D eigenvalue weighted by Crippen LogP contribution is -2.62. The highest BCUT2D eigenvalue weighted by Gasteiger charge is 2.51. The first-order valence-corrected chi connectivity index (χ1v) is 12.1. The third-order valence-electron chi connectivity index (χ3n) is 7.33. The summed E-state index contributed by atoms with van der Waals surface area (Å²) >= 11 is 0. The molecule has 0 saturated carbocycles. The number of aliphatic hydroxyl groups is 8. The molecule has 4 rings (SSSR count). The van der Waals surface area contributed by atoms with Gasteiger partial charge in [-0.3, -0.25) is 0 Å². The fourth-order valence-corrected chi connectivity index (χ4v) is 5.11. The highest BCUT2D eigenvalue weighted by Crippen LogP contribution is 2.44. The van der Waals surface area contributed by atoms with Crippen molar-refractivity contribution in [3.8, 4) is 0 Å². The maximum Gasteiger partial charge on any atom is 0.337 e. The molecule has 2 saturated heterocycles. The molecule has 0 aromatic heterocycles. The Morgan fingerprint density at radius 3 is 2.16 bits per heavy atom. The molecule has 0 radical (unpaired) electrons. The Morgan fingerprint density at radius 1 is 0.895 bits per heavy atom. The number of hydrogen-bond acceptors (Lipinski definition) is 15. The molecule has 15 heteroatoms. The fraction of sp³-hybridized carbons (Fsp3) is 0.783. The molecule has 0 amide bonds. The van der Waals surface area contributed by atoms with Gasteiger partial charge in [0, 0.05) is 5.92 Å². The maximum atomic E-state index is 12.2. The van der Waals surface area contributed by atoms with E-state index in [4.69, 9.17) is 28.4 Å². The summed E-state index contributed by atoms with van der Waals surface area (Å²) in [6.07, 6.45) is -13.6. The zero-order valence-corrected chi connectivity index (χ0v) is 20.4. The minimum atomic E-state index is -1.76. The lowest BCUT2D eigenvalue weighted by atomic mass is 9.83. The summed E-state index contributed by atoms with van der Waals surface area (Å²) in [6.45, 7) is -1.54. The second-order valence-electron chi connectivity index (χ2n) is 9.56. The summed E-state index contributed by atoms with van der Waals surface area (Å²) in [5.41, 5.74) is 0.770. The van der Waals surface area contributed by atoms with Crippen molar-refractivity contribution < 1.29 is 74.1 Å². The smallest absolute Gasteiger partial charge is 0.337 e. The number of aliphatic hydroxyl groups excluding tert-OH is 8. The summed E-state index contributed by atoms with van der Waals surface area (Å²) in [5.74, 6) is -1.68. The van der Waals surface area contributed by atoms with Crippen LogP contribution in [-0.2, 0) is 33.2 Å². The van der Waals surface area contributed by atoms with E-state index in [0.29, 0.717) is 12.0 Å². The lowest BCUT2D eigenvalue weighted by Gasteiger charge is -2.44. The number of carbonyl (C=O) groups excluding carboxylic acids is 1. The van der Waals surface area contributed by atoms with Crippen LogP contribution in [0.4, 0.5) is 0 Å². The van der Waals surface area contributed by atoms with Crippen LogP contribution in [0.15, 0.2) is 23.5 Å². The van der Waals surface area contributed by atoms with Crippen LogP contribution in [-0.4, -0.2) is 141 Å². The molecule has 38 heavy (non-hydrogen) atoms. The van der Waals surface area contributed by atoms with Gasteiger partial charge in [-0.05, 0) is 12.0 Å². The Hall–Kier alpha value is -1.73. The first kappa shape index (κ1) is 29.3. The Kier molecular flexibility index (Phi) is 9.39. The molecule has 0 spiro atoms. The third-order valence-corrected chi connectivity index (χ3v) is 7.33. The zero-order chi connectivity index (χ0) is 27.7. The van der Waals surface area contributed by atoms with Crippen LogP contribution in [0.2, 0.25) is 0 Å². The van der Waals surface area contributed by atoms with E-state index in [1.807, 2.05) is 0 Å². The van der Waals surface area contributed by atoms with E-state index in [-0.39, 0.29) is 12.2 Å². The van der Waals surface area contributed by atoms with E-state index in [0.717, 1.165) is 0 Å². The molecule has 15 nitrogen and oxygen atoms in total. The van der Waals surface area contributed by atoms with Crippen LogP contribution in [0.1, 0.15) is 6.42 Å². The number of ether oxygens (including phenoxy) is 6. The molecule has 3 heterocycles. The van der Waals surface area contributed by atoms with Gasteiger partial charge < -0.3 is 69.3 Å². The van der Waals surface area contributed by atoms with Crippen molar-refractivity contribution in [3.63, 3.8) is 0 Å². The van der Waals surface area contributed by atoms with Gasteiger partial charge in [-0.15, -0.1) is 0 Å². The SMILES string of the molecule is COC(=O)C1=CO[C@@H](O[C@@H]2O[C@H](CO[C@@H]3O[C@H](CO)[C@@H](O)[C@H](O)[C@H]3O)[C@@H](O)[C@H](O)[C@H]2O)[C@@H]2C(CO)=CC[C@H]12. The monoisotopic (exact) mass is 550 g/mol.